The molecule has 0 aromatic heterocycles. The molecule has 0 rings (SSSR count). The maximum atomic E-state index is 5.21. The molecule has 0 spiro atoms. The van der Waals surface area contributed by atoms with Gasteiger partial charge in [0.25, 0.3) is 15.7 Å². The van der Waals surface area contributed by atoms with Crippen LogP contribution in [0.25, 0.3) is 0 Å². The van der Waals surface area contributed by atoms with Crippen LogP contribution in [0.1, 0.15) is 0 Å². The lowest BCUT2D eigenvalue weighted by molar-refractivity contribution is -0.756. The van der Waals surface area contributed by atoms with Crippen molar-refractivity contribution in [3.63, 3.8) is 0 Å². The highest BCUT2D eigenvalue weighted by molar-refractivity contribution is 6.26. The van der Waals surface area contributed by atoms with Crippen molar-refractivity contribution in [2.24, 2.45) is 0 Å². The van der Waals surface area contributed by atoms with E-state index in [0.29, 0.717) is 0 Å². The molecular formula is C8H22ClNO3Si. The van der Waals surface area contributed by atoms with Gasteiger partial charge in [0.1, 0.15) is 0 Å². The Morgan fingerprint density at radius 1 is 1.00 bits per heavy atom. The molecule has 14 heavy (non-hydrogen) atoms. The number of nitrogens with zero attached hydrogens (tertiary/aromatic N) is 1. The third kappa shape index (κ3) is 5.95. The third-order valence-corrected chi connectivity index (χ3v) is 4.20. The van der Waals surface area contributed by atoms with Gasteiger partial charge in [-0.1, -0.05) is 0 Å². The predicted molar refractivity (Wildman–Crippen MR) is 55.1 cm³/mol. The minimum atomic E-state index is -0.822. The Morgan fingerprint density at radius 3 is 1.57 bits per heavy atom. The van der Waals surface area contributed by atoms with E-state index in [1.54, 1.807) is 21.3 Å². The monoisotopic (exact) mass is 243 g/mol. The van der Waals surface area contributed by atoms with Gasteiger partial charge in [-0.3, -0.25) is 0 Å². The Morgan fingerprint density at radius 2 is 1.36 bits per heavy atom. The number of rotatable bonds is 6. The largest absolute Gasteiger partial charge is 1.00 e. The van der Waals surface area contributed by atoms with E-state index in [-0.39, 0.29) is 22.1 Å². The molecule has 0 radical (unpaired) electrons. The molecule has 0 aromatic carbocycles. The van der Waals surface area contributed by atoms with Crippen LogP contribution in [-0.2, 0) is 14.2 Å². The molecule has 0 unspecified atom stereocenters. The van der Waals surface area contributed by atoms with Crippen molar-refractivity contribution in [1.29, 1.82) is 0 Å². The molecule has 4 nitrogen and oxygen atoms in total. The normalized spacial score (nSPS) is 13.3. The van der Waals surface area contributed by atoms with Gasteiger partial charge >= 0.3 is 0 Å². The topological polar surface area (TPSA) is 27.7 Å². The Bertz CT molecular complexity index is 140. The highest BCUT2D eigenvalue weighted by atomic mass is 35.5. The van der Waals surface area contributed by atoms with E-state index in [0.717, 1.165) is 10.2 Å². The van der Waals surface area contributed by atoms with Crippen LogP contribution in [0.2, 0.25) is 6.04 Å². The Labute approximate surface area is 95.4 Å². The maximum absolute atomic E-state index is 5.21. The highest BCUT2D eigenvalue weighted by Gasteiger charge is 2.32. The highest BCUT2D eigenvalue weighted by Crippen LogP contribution is 2.18. The van der Waals surface area contributed by atoms with Crippen LogP contribution in [0.5, 0.6) is 0 Å². The van der Waals surface area contributed by atoms with Crippen molar-refractivity contribution in [2.75, 3.05) is 42.5 Å². The molecule has 0 heterocycles. The molecule has 0 bridgehead atoms. The van der Waals surface area contributed by atoms with Gasteiger partial charge in [0.2, 0.25) is 0 Å². The molecule has 0 N–H and O–H groups in total. The van der Waals surface area contributed by atoms with Crippen LogP contribution in [-0.4, -0.2) is 62.3 Å². The first-order chi connectivity index (χ1) is 5.89. The van der Waals surface area contributed by atoms with E-state index in [1.165, 1.54) is 0 Å². The lowest BCUT2D eigenvalue weighted by atomic mass is 10.6. The first-order valence-corrected chi connectivity index (χ1v) is 5.98. The van der Waals surface area contributed by atoms with Gasteiger partial charge in [-0.25, -0.2) is 0 Å². The average molecular weight is 244 g/mol. The summed E-state index contributed by atoms with van der Waals surface area (Å²) in [6, 6.07) is 0.847. The van der Waals surface area contributed by atoms with Crippen LogP contribution >= 0.6 is 0 Å². The predicted octanol–water partition coefficient (Wildman–Crippen LogP) is -3.21. The van der Waals surface area contributed by atoms with Gasteiger partial charge in [0, 0.05) is 21.3 Å². The molecule has 0 saturated heterocycles. The first-order valence-electron chi connectivity index (χ1n) is 4.35. The number of ether oxygens (including phenoxy) is 3. The zero-order chi connectivity index (χ0) is 10.5. The van der Waals surface area contributed by atoms with E-state index in [4.69, 9.17) is 14.2 Å². The fraction of sp³-hybridized carbons (Fsp3) is 1.00. The summed E-state index contributed by atoms with van der Waals surface area (Å²) >= 11 is 0. The van der Waals surface area contributed by atoms with Gasteiger partial charge in [-0.05, 0) is 0 Å². The van der Waals surface area contributed by atoms with Crippen molar-refractivity contribution in [2.45, 2.75) is 12.0 Å². The summed E-state index contributed by atoms with van der Waals surface area (Å²) in [6.07, 6.45) is 0. The van der Waals surface area contributed by atoms with Gasteiger partial charge in [-0.2, -0.15) is 0 Å². The Balaban J connectivity index is 0. The summed E-state index contributed by atoms with van der Waals surface area (Å²) in [5.74, 6) is -0.822. The van der Waals surface area contributed by atoms with Crippen molar-refractivity contribution >= 4 is 9.68 Å². The molecule has 0 amide bonds. The summed E-state index contributed by atoms with van der Waals surface area (Å²) < 4.78 is 16.6. The molecule has 0 aromatic rings. The van der Waals surface area contributed by atoms with E-state index in [2.05, 4.69) is 21.1 Å². The molecule has 0 aliphatic rings. The zero-order valence-corrected chi connectivity index (χ0v) is 12.1. The molecule has 0 aliphatic heterocycles. The van der Waals surface area contributed by atoms with Crippen LogP contribution in [0.3, 0.4) is 0 Å². The van der Waals surface area contributed by atoms with Crippen LogP contribution < -0.4 is 12.4 Å². The fourth-order valence-corrected chi connectivity index (χ4v) is 2.59. The number of halogens is 1. The maximum Gasteiger partial charge on any atom is 0.284 e. The van der Waals surface area contributed by atoms with Crippen molar-refractivity contribution < 1.29 is 30.8 Å². The average Bonchev–Trinajstić information content (AvgIpc) is 2.06. The van der Waals surface area contributed by atoms with E-state index in [1.807, 2.05) is 0 Å². The van der Waals surface area contributed by atoms with Crippen molar-refractivity contribution in [3.05, 3.63) is 0 Å². The summed E-state index contributed by atoms with van der Waals surface area (Å²) in [5.41, 5.74) is 0. The summed E-state index contributed by atoms with van der Waals surface area (Å²) in [7, 11) is 11.0. The molecule has 6 heteroatoms. The second kappa shape index (κ2) is 6.76. The second-order valence-corrected chi connectivity index (χ2v) is 6.90. The first kappa shape index (κ1) is 16.8. The van der Waals surface area contributed by atoms with Gasteiger partial charge in [-0.15, -0.1) is 0 Å². The van der Waals surface area contributed by atoms with E-state index in [9.17, 15) is 0 Å². The number of hydrogen-bond donors (Lipinski definition) is 0. The number of methoxy groups -OCH3 is 3. The lowest BCUT2D eigenvalue weighted by Gasteiger charge is -2.32. The SMILES string of the molecule is COC(C[SiH2][N+](C)(C)C)(OC)OC.[Cl-]. The third-order valence-electron chi connectivity index (χ3n) is 2.02. The molecule has 88 valence electrons. The van der Waals surface area contributed by atoms with Gasteiger partial charge in [0.15, 0.2) is 0 Å². The number of hydrogen-bond acceptors (Lipinski definition) is 3. The van der Waals surface area contributed by atoms with Gasteiger partial charge in [0.05, 0.1) is 27.2 Å². The number of quaternary nitrogens is 1. The molecule has 0 saturated carbocycles. The quantitative estimate of drug-likeness (QED) is 0.363. The smallest absolute Gasteiger partial charge is 0.284 e. The Hall–Kier alpha value is 0.347. The van der Waals surface area contributed by atoms with Crippen LogP contribution in [0.4, 0.5) is 0 Å². The standard InChI is InChI=1S/C8H22NO3Si.ClH/c1-9(2,3)13-7-8(10-4,11-5)12-6;/h7,13H2,1-6H3;1H/q+1;/p-1. The zero-order valence-electron chi connectivity index (χ0n) is 9.96. The van der Waals surface area contributed by atoms with Crippen LogP contribution in [0.15, 0.2) is 0 Å². The van der Waals surface area contributed by atoms with Gasteiger partial charge < -0.3 is 30.8 Å². The molecule has 0 fully saturated rings. The summed E-state index contributed by atoms with van der Waals surface area (Å²) in [4.78, 5) is 0. The summed E-state index contributed by atoms with van der Waals surface area (Å²) in [6.45, 7) is 0. The lowest BCUT2D eigenvalue weighted by Crippen LogP contribution is -3.00. The molecular weight excluding hydrogens is 222 g/mol. The molecule has 0 aliphatic carbocycles. The van der Waals surface area contributed by atoms with E-state index >= 15 is 0 Å². The Kier molecular flexibility index (Phi) is 8.10. The van der Waals surface area contributed by atoms with Crippen molar-refractivity contribution in [3.8, 4) is 0 Å². The minimum Gasteiger partial charge on any atom is -1.00 e. The molecule has 0 atom stereocenters. The van der Waals surface area contributed by atoms with E-state index < -0.39 is 5.97 Å². The van der Waals surface area contributed by atoms with Crippen molar-refractivity contribution in [1.82, 2.24) is 0 Å². The second-order valence-electron chi connectivity index (χ2n) is 4.06. The fourth-order valence-electron chi connectivity index (χ4n) is 1.03. The summed E-state index contributed by atoms with van der Waals surface area (Å²) in [5, 5.41) is 0. The van der Waals surface area contributed by atoms with Crippen LogP contribution in [0, 0.1) is 0 Å². The minimum absolute atomic E-state index is 0.